The first kappa shape index (κ1) is 16.3. The Labute approximate surface area is 147 Å². The first-order valence-electron chi connectivity index (χ1n) is 9.10. The predicted octanol–water partition coefficient (Wildman–Crippen LogP) is 0.599. The summed E-state index contributed by atoms with van der Waals surface area (Å²) in [5.41, 5.74) is 6.79. The fourth-order valence-electron chi connectivity index (χ4n) is 3.92. The van der Waals surface area contributed by atoms with Crippen LogP contribution < -0.4 is 10.6 Å². The summed E-state index contributed by atoms with van der Waals surface area (Å²) >= 11 is 0. The zero-order chi connectivity index (χ0) is 17.4. The highest BCUT2D eigenvalue weighted by molar-refractivity contribution is 5.79. The van der Waals surface area contributed by atoms with E-state index in [4.69, 9.17) is 5.73 Å². The summed E-state index contributed by atoms with van der Waals surface area (Å²) in [6.07, 6.45) is 3.94. The lowest BCUT2D eigenvalue weighted by molar-refractivity contribution is -0.137. The Hall–Kier alpha value is -2.22. The number of hydrogen-bond donors (Lipinski definition) is 1. The fraction of sp³-hybridized carbons (Fsp3) is 0.647. The smallest absolute Gasteiger partial charge is 0.225 e. The van der Waals surface area contributed by atoms with Crippen molar-refractivity contribution < 1.29 is 4.79 Å². The molecule has 8 heteroatoms. The molecular formula is C17H25N7O. The van der Waals surface area contributed by atoms with E-state index in [2.05, 4.69) is 20.2 Å². The van der Waals surface area contributed by atoms with Crippen LogP contribution in [-0.4, -0.2) is 62.8 Å². The second-order valence-electron chi connectivity index (χ2n) is 7.14. The van der Waals surface area contributed by atoms with Crippen molar-refractivity contribution in [1.82, 2.24) is 24.7 Å². The average Bonchev–Trinajstić information content (AvgIpc) is 3.02. The number of aryl methyl sites for hydroxylation is 1. The Morgan fingerprint density at radius 3 is 2.72 bits per heavy atom. The SMILES string of the molecule is Cc1nnc2ccc(N3CCN(C(=O)C4CCCC(N)C4)CC3)nn12. The Balaban J connectivity index is 1.40. The highest BCUT2D eigenvalue weighted by Crippen LogP contribution is 2.26. The first-order chi connectivity index (χ1) is 12.1. The molecule has 2 unspecified atom stereocenters. The van der Waals surface area contributed by atoms with Crippen LogP contribution in [0.25, 0.3) is 5.65 Å². The Kier molecular flexibility index (Phi) is 4.29. The van der Waals surface area contributed by atoms with Gasteiger partial charge in [-0.2, -0.15) is 4.52 Å². The van der Waals surface area contributed by atoms with Crippen LogP contribution in [-0.2, 0) is 4.79 Å². The van der Waals surface area contributed by atoms with Gasteiger partial charge in [-0.25, -0.2) is 0 Å². The molecule has 4 rings (SSSR count). The minimum absolute atomic E-state index is 0.115. The van der Waals surface area contributed by atoms with E-state index in [0.29, 0.717) is 0 Å². The van der Waals surface area contributed by atoms with Crippen molar-refractivity contribution in [2.24, 2.45) is 11.7 Å². The number of hydrogen-bond acceptors (Lipinski definition) is 6. The largest absolute Gasteiger partial charge is 0.352 e. The van der Waals surface area contributed by atoms with Crippen LogP contribution in [0.15, 0.2) is 12.1 Å². The maximum atomic E-state index is 12.7. The highest BCUT2D eigenvalue weighted by Gasteiger charge is 2.31. The highest BCUT2D eigenvalue weighted by atomic mass is 16.2. The van der Waals surface area contributed by atoms with Crippen molar-refractivity contribution in [1.29, 1.82) is 0 Å². The van der Waals surface area contributed by atoms with Crippen LogP contribution in [0.3, 0.4) is 0 Å². The van der Waals surface area contributed by atoms with Gasteiger partial charge < -0.3 is 15.5 Å². The van der Waals surface area contributed by atoms with Crippen molar-refractivity contribution in [2.75, 3.05) is 31.1 Å². The second kappa shape index (κ2) is 6.59. The summed E-state index contributed by atoms with van der Waals surface area (Å²) in [6.45, 7) is 4.97. The number of carbonyl (C=O) groups excluding carboxylic acids is 1. The van der Waals surface area contributed by atoms with Gasteiger partial charge in [-0.3, -0.25) is 4.79 Å². The van der Waals surface area contributed by atoms with E-state index in [1.165, 1.54) is 0 Å². The Bertz CT molecular complexity index is 765. The molecule has 1 aliphatic heterocycles. The van der Waals surface area contributed by atoms with E-state index in [1.54, 1.807) is 4.52 Å². The topological polar surface area (TPSA) is 92.7 Å². The average molecular weight is 343 g/mol. The number of fused-ring (bicyclic) bond motifs is 1. The molecule has 0 bridgehead atoms. The molecular weight excluding hydrogens is 318 g/mol. The molecule has 2 aromatic rings. The summed E-state index contributed by atoms with van der Waals surface area (Å²) in [5.74, 6) is 2.08. The molecule has 134 valence electrons. The van der Waals surface area contributed by atoms with Crippen LogP contribution >= 0.6 is 0 Å². The van der Waals surface area contributed by atoms with Crippen LogP contribution in [0, 0.1) is 12.8 Å². The van der Waals surface area contributed by atoms with Gasteiger partial charge in [0.25, 0.3) is 0 Å². The van der Waals surface area contributed by atoms with Gasteiger partial charge in [-0.1, -0.05) is 6.42 Å². The van der Waals surface area contributed by atoms with E-state index in [-0.39, 0.29) is 17.9 Å². The molecule has 1 amide bonds. The molecule has 0 spiro atoms. The Morgan fingerprint density at radius 2 is 1.96 bits per heavy atom. The lowest BCUT2D eigenvalue weighted by atomic mass is 9.85. The van der Waals surface area contributed by atoms with E-state index in [1.807, 2.05) is 24.0 Å². The third kappa shape index (κ3) is 3.18. The predicted molar refractivity (Wildman–Crippen MR) is 94.2 cm³/mol. The van der Waals surface area contributed by atoms with Gasteiger partial charge >= 0.3 is 0 Å². The van der Waals surface area contributed by atoms with Gasteiger partial charge in [0.2, 0.25) is 5.91 Å². The van der Waals surface area contributed by atoms with Crippen molar-refractivity contribution in [3.05, 3.63) is 18.0 Å². The molecule has 2 aliphatic rings. The zero-order valence-electron chi connectivity index (χ0n) is 14.6. The number of amides is 1. The molecule has 0 aromatic carbocycles. The molecule has 2 fully saturated rings. The minimum Gasteiger partial charge on any atom is -0.352 e. The lowest BCUT2D eigenvalue weighted by Crippen LogP contribution is -2.51. The lowest BCUT2D eigenvalue weighted by Gasteiger charge is -2.38. The molecule has 1 aliphatic carbocycles. The van der Waals surface area contributed by atoms with Crippen molar-refractivity contribution in [2.45, 2.75) is 38.6 Å². The maximum absolute atomic E-state index is 12.7. The van der Waals surface area contributed by atoms with E-state index < -0.39 is 0 Å². The summed E-state index contributed by atoms with van der Waals surface area (Å²) in [4.78, 5) is 17.0. The maximum Gasteiger partial charge on any atom is 0.225 e. The molecule has 8 nitrogen and oxygen atoms in total. The minimum atomic E-state index is 0.115. The van der Waals surface area contributed by atoms with Gasteiger partial charge in [0.1, 0.15) is 5.82 Å². The van der Waals surface area contributed by atoms with Gasteiger partial charge in [0, 0.05) is 38.1 Å². The Morgan fingerprint density at radius 1 is 1.16 bits per heavy atom. The van der Waals surface area contributed by atoms with Gasteiger partial charge in [0.05, 0.1) is 0 Å². The molecule has 3 heterocycles. The van der Waals surface area contributed by atoms with Crippen LogP contribution in [0.2, 0.25) is 0 Å². The van der Waals surface area contributed by atoms with Crippen LogP contribution in [0.4, 0.5) is 5.82 Å². The summed E-state index contributed by atoms with van der Waals surface area (Å²) in [7, 11) is 0. The normalized spacial score (nSPS) is 24.7. The fourth-order valence-corrected chi connectivity index (χ4v) is 3.92. The molecule has 2 atom stereocenters. The van der Waals surface area contributed by atoms with Crippen LogP contribution in [0.5, 0.6) is 0 Å². The number of anilines is 1. The van der Waals surface area contributed by atoms with Crippen molar-refractivity contribution in [3.63, 3.8) is 0 Å². The third-order valence-electron chi connectivity index (χ3n) is 5.38. The molecule has 1 saturated heterocycles. The number of carbonyl (C=O) groups is 1. The van der Waals surface area contributed by atoms with E-state index >= 15 is 0 Å². The van der Waals surface area contributed by atoms with Gasteiger partial charge in [-0.05, 0) is 38.3 Å². The van der Waals surface area contributed by atoms with Crippen molar-refractivity contribution in [3.8, 4) is 0 Å². The molecule has 2 N–H and O–H groups in total. The number of nitrogens with zero attached hydrogens (tertiary/aromatic N) is 6. The first-order valence-corrected chi connectivity index (χ1v) is 9.10. The summed E-state index contributed by atoms with van der Waals surface area (Å²) < 4.78 is 1.76. The van der Waals surface area contributed by atoms with Gasteiger partial charge in [0.15, 0.2) is 11.5 Å². The van der Waals surface area contributed by atoms with Crippen molar-refractivity contribution >= 4 is 17.4 Å². The summed E-state index contributed by atoms with van der Waals surface area (Å²) in [6, 6.07) is 4.09. The number of aromatic nitrogens is 4. The monoisotopic (exact) mass is 343 g/mol. The molecule has 1 saturated carbocycles. The quantitative estimate of drug-likeness (QED) is 0.858. The number of nitrogens with two attached hydrogens (primary N) is 1. The second-order valence-corrected chi connectivity index (χ2v) is 7.14. The zero-order valence-corrected chi connectivity index (χ0v) is 14.6. The number of piperazine rings is 1. The molecule has 0 radical (unpaired) electrons. The standard InChI is InChI=1S/C17H25N7O/c1-12-19-20-15-5-6-16(21-24(12)15)22-7-9-23(10-8-22)17(25)13-3-2-4-14(18)11-13/h5-6,13-14H,2-4,7-11,18H2,1H3. The van der Waals surface area contributed by atoms with Crippen LogP contribution in [0.1, 0.15) is 31.5 Å². The van der Waals surface area contributed by atoms with E-state index in [0.717, 1.165) is 69.2 Å². The van der Waals surface area contributed by atoms with Gasteiger partial charge in [-0.15, -0.1) is 15.3 Å². The van der Waals surface area contributed by atoms with E-state index in [9.17, 15) is 4.79 Å². The molecule has 25 heavy (non-hydrogen) atoms. The summed E-state index contributed by atoms with van der Waals surface area (Å²) in [5, 5.41) is 12.7. The molecule has 2 aromatic heterocycles. The third-order valence-corrected chi connectivity index (χ3v) is 5.38. The number of rotatable bonds is 2.